The first-order valence-electron chi connectivity index (χ1n) is 6.29. The molecule has 0 unspecified atom stereocenters. The third kappa shape index (κ3) is 2.49. The summed E-state index contributed by atoms with van der Waals surface area (Å²) in [5.74, 6) is -0.126. The molecule has 0 saturated heterocycles. The van der Waals surface area contributed by atoms with Crippen molar-refractivity contribution in [1.82, 2.24) is 5.16 Å². The second-order valence-corrected chi connectivity index (χ2v) is 5.09. The third-order valence-corrected chi connectivity index (χ3v) is 3.33. The first-order valence-corrected chi connectivity index (χ1v) is 6.67. The van der Waals surface area contributed by atoms with Crippen molar-refractivity contribution in [2.24, 2.45) is 0 Å². The number of hydrogen-bond donors (Lipinski definition) is 1. The highest BCUT2D eigenvalue weighted by Crippen LogP contribution is 2.33. The molecule has 6 heteroatoms. The number of halogens is 1. The van der Waals surface area contributed by atoms with Gasteiger partial charge in [0, 0.05) is 16.6 Å². The number of hydrogen-bond acceptors (Lipinski definition) is 5. The number of benzene rings is 1. The summed E-state index contributed by atoms with van der Waals surface area (Å²) in [6.07, 6.45) is 2.13. The molecule has 1 saturated carbocycles. The maximum atomic E-state index is 12.0. The number of ether oxygens (including phenoxy) is 1. The summed E-state index contributed by atoms with van der Waals surface area (Å²) in [6.45, 7) is 0. The molecule has 1 aliphatic carbocycles. The lowest BCUT2D eigenvalue weighted by atomic mass is 10.1. The van der Waals surface area contributed by atoms with Crippen LogP contribution in [-0.4, -0.2) is 24.3 Å². The van der Waals surface area contributed by atoms with Crippen molar-refractivity contribution in [3.8, 4) is 11.3 Å². The fourth-order valence-corrected chi connectivity index (χ4v) is 2.12. The highest BCUT2D eigenvalue weighted by atomic mass is 35.5. The molecule has 0 bridgehead atoms. The number of nitrogens with one attached hydrogen (secondary N) is 1. The van der Waals surface area contributed by atoms with Crippen molar-refractivity contribution in [1.29, 1.82) is 0 Å². The van der Waals surface area contributed by atoms with E-state index in [2.05, 4.69) is 10.5 Å². The van der Waals surface area contributed by atoms with E-state index in [0.29, 0.717) is 33.8 Å². The van der Waals surface area contributed by atoms with E-state index < -0.39 is 5.97 Å². The summed E-state index contributed by atoms with van der Waals surface area (Å²) in [5, 5.41) is 7.69. The third-order valence-electron chi connectivity index (χ3n) is 3.09. The molecule has 1 aromatic heterocycles. The van der Waals surface area contributed by atoms with Crippen LogP contribution in [0.5, 0.6) is 0 Å². The number of aromatic nitrogens is 1. The van der Waals surface area contributed by atoms with Gasteiger partial charge in [0.1, 0.15) is 5.69 Å². The Morgan fingerprint density at radius 3 is 2.95 bits per heavy atom. The normalized spacial score (nSPS) is 14.1. The average molecular weight is 293 g/mol. The molecule has 1 aromatic carbocycles. The van der Waals surface area contributed by atoms with Crippen molar-refractivity contribution in [2.45, 2.75) is 18.9 Å². The molecular formula is C14H13ClN2O3. The number of nitrogens with zero attached hydrogens (tertiary/aromatic N) is 1. The molecule has 0 radical (unpaired) electrons. The molecule has 1 heterocycles. The average Bonchev–Trinajstić information content (AvgIpc) is 3.16. The van der Waals surface area contributed by atoms with Gasteiger partial charge in [-0.3, -0.25) is 0 Å². The van der Waals surface area contributed by atoms with E-state index >= 15 is 0 Å². The molecule has 2 aromatic rings. The van der Waals surface area contributed by atoms with E-state index in [1.165, 1.54) is 7.11 Å². The molecule has 0 atom stereocenters. The summed E-state index contributed by atoms with van der Waals surface area (Å²) in [7, 11) is 1.33. The number of carbonyl (C=O) groups is 1. The Kier molecular flexibility index (Phi) is 3.36. The fourth-order valence-electron chi connectivity index (χ4n) is 1.93. The summed E-state index contributed by atoms with van der Waals surface area (Å²) < 4.78 is 10.1. The van der Waals surface area contributed by atoms with Gasteiger partial charge in [-0.1, -0.05) is 28.9 Å². The minimum atomic E-state index is -0.482. The highest BCUT2D eigenvalue weighted by molar-refractivity contribution is 6.30. The number of anilines is 1. The number of methoxy groups -OCH3 is 1. The number of esters is 1. The van der Waals surface area contributed by atoms with Crippen molar-refractivity contribution in [3.63, 3.8) is 0 Å². The predicted octanol–water partition coefficient (Wildman–Crippen LogP) is 3.36. The van der Waals surface area contributed by atoms with E-state index in [0.717, 1.165) is 12.8 Å². The minimum absolute atomic E-state index is 0.307. The van der Waals surface area contributed by atoms with E-state index in [-0.39, 0.29) is 0 Å². The van der Waals surface area contributed by atoms with Crippen LogP contribution in [0.25, 0.3) is 11.3 Å². The van der Waals surface area contributed by atoms with Gasteiger partial charge >= 0.3 is 5.97 Å². The van der Waals surface area contributed by atoms with Crippen molar-refractivity contribution < 1.29 is 14.1 Å². The Balaban J connectivity index is 2.05. The first kappa shape index (κ1) is 13.0. The van der Waals surface area contributed by atoms with Crippen molar-refractivity contribution >= 4 is 23.5 Å². The standard InChI is InChI=1S/C14H13ClN2O3/c1-19-14(18)11-12(8-3-2-4-9(15)7-8)17-20-13(11)16-10-5-6-10/h2-4,7,10,16H,5-6H2,1H3. The topological polar surface area (TPSA) is 64.4 Å². The lowest BCUT2D eigenvalue weighted by Gasteiger charge is -2.04. The molecular weight excluding hydrogens is 280 g/mol. The molecule has 104 valence electrons. The van der Waals surface area contributed by atoms with Crippen molar-refractivity contribution in [2.75, 3.05) is 12.4 Å². The molecule has 5 nitrogen and oxygen atoms in total. The van der Waals surface area contributed by atoms with Crippen LogP contribution in [-0.2, 0) is 4.74 Å². The van der Waals surface area contributed by atoms with Gasteiger partial charge < -0.3 is 14.6 Å². The number of rotatable bonds is 4. The number of carbonyl (C=O) groups excluding carboxylic acids is 1. The second-order valence-electron chi connectivity index (χ2n) is 4.66. The first-order chi connectivity index (χ1) is 9.69. The smallest absolute Gasteiger partial charge is 0.345 e. The molecule has 3 rings (SSSR count). The fraction of sp³-hybridized carbons (Fsp3) is 0.286. The lowest BCUT2D eigenvalue weighted by molar-refractivity contribution is 0.0602. The van der Waals surface area contributed by atoms with Crippen LogP contribution >= 0.6 is 11.6 Å². The molecule has 1 N–H and O–H groups in total. The Morgan fingerprint density at radius 2 is 2.30 bits per heavy atom. The van der Waals surface area contributed by atoms with Gasteiger partial charge in [0.25, 0.3) is 0 Å². The summed E-state index contributed by atoms with van der Waals surface area (Å²) in [4.78, 5) is 12.0. The van der Waals surface area contributed by atoms with Crippen LogP contribution in [0.2, 0.25) is 5.02 Å². The highest BCUT2D eigenvalue weighted by Gasteiger charge is 2.29. The maximum Gasteiger partial charge on any atom is 0.345 e. The van der Waals surface area contributed by atoms with Crippen LogP contribution in [0.3, 0.4) is 0 Å². The summed E-state index contributed by atoms with van der Waals surface area (Å²) in [6, 6.07) is 7.44. The maximum absolute atomic E-state index is 12.0. The van der Waals surface area contributed by atoms with Gasteiger partial charge in [-0.2, -0.15) is 0 Å². The Hall–Kier alpha value is -2.01. The summed E-state index contributed by atoms with van der Waals surface area (Å²) >= 11 is 5.97. The van der Waals surface area contributed by atoms with Crippen LogP contribution in [0, 0.1) is 0 Å². The van der Waals surface area contributed by atoms with E-state index in [1.54, 1.807) is 18.2 Å². The lowest BCUT2D eigenvalue weighted by Crippen LogP contribution is -2.08. The van der Waals surface area contributed by atoms with Crippen LogP contribution in [0.4, 0.5) is 5.88 Å². The second kappa shape index (κ2) is 5.17. The van der Waals surface area contributed by atoms with Gasteiger partial charge in [0.15, 0.2) is 5.56 Å². The zero-order valence-electron chi connectivity index (χ0n) is 10.9. The zero-order valence-corrected chi connectivity index (χ0v) is 11.6. The molecule has 1 fully saturated rings. The molecule has 20 heavy (non-hydrogen) atoms. The van der Waals surface area contributed by atoms with Crippen LogP contribution in [0.15, 0.2) is 28.8 Å². The van der Waals surface area contributed by atoms with E-state index in [4.69, 9.17) is 20.9 Å². The Bertz CT molecular complexity index is 650. The van der Waals surface area contributed by atoms with E-state index in [1.807, 2.05) is 6.07 Å². The van der Waals surface area contributed by atoms with Crippen molar-refractivity contribution in [3.05, 3.63) is 34.9 Å². The van der Waals surface area contributed by atoms with Gasteiger partial charge in [-0.05, 0) is 25.0 Å². The van der Waals surface area contributed by atoms with Gasteiger partial charge in [0.2, 0.25) is 5.88 Å². The monoisotopic (exact) mass is 292 g/mol. The molecule has 0 spiro atoms. The van der Waals surface area contributed by atoms with Gasteiger partial charge in [0.05, 0.1) is 7.11 Å². The minimum Gasteiger partial charge on any atom is -0.465 e. The van der Waals surface area contributed by atoms with E-state index in [9.17, 15) is 4.79 Å². The Morgan fingerprint density at radius 1 is 1.50 bits per heavy atom. The zero-order chi connectivity index (χ0) is 14.1. The molecule has 1 aliphatic rings. The van der Waals surface area contributed by atoms with Gasteiger partial charge in [-0.25, -0.2) is 4.79 Å². The van der Waals surface area contributed by atoms with Crippen LogP contribution in [0.1, 0.15) is 23.2 Å². The SMILES string of the molecule is COC(=O)c1c(-c2cccc(Cl)c2)noc1NC1CC1. The Labute approximate surface area is 120 Å². The van der Waals surface area contributed by atoms with Gasteiger partial charge in [-0.15, -0.1) is 0 Å². The summed E-state index contributed by atoms with van der Waals surface area (Å²) in [5.41, 5.74) is 1.45. The quantitative estimate of drug-likeness (QED) is 0.875. The predicted molar refractivity (Wildman–Crippen MR) is 74.9 cm³/mol. The van der Waals surface area contributed by atoms with Crippen LogP contribution < -0.4 is 5.32 Å². The molecule has 0 amide bonds. The largest absolute Gasteiger partial charge is 0.465 e. The molecule has 0 aliphatic heterocycles.